The topological polar surface area (TPSA) is 54.4 Å². The minimum Gasteiger partial charge on any atom is -0.273 e. The summed E-state index contributed by atoms with van der Waals surface area (Å²) in [6.07, 6.45) is 2.59. The highest BCUT2D eigenvalue weighted by Gasteiger charge is 2.43. The van der Waals surface area contributed by atoms with E-state index >= 15 is 0 Å². The van der Waals surface area contributed by atoms with Crippen molar-refractivity contribution in [1.82, 2.24) is 10.4 Å². The number of nitrogens with one attached hydrogen (secondary N) is 1. The van der Waals surface area contributed by atoms with Gasteiger partial charge in [-0.1, -0.05) is 66.7 Å². The fourth-order valence-corrected chi connectivity index (χ4v) is 3.12. The second kappa shape index (κ2) is 7.31. The van der Waals surface area contributed by atoms with Gasteiger partial charge in [-0.15, -0.1) is 0 Å². The van der Waals surface area contributed by atoms with Gasteiger partial charge < -0.3 is 0 Å². The molecule has 3 aromatic rings. The zero-order valence-electron chi connectivity index (χ0n) is 14.2. The van der Waals surface area contributed by atoms with Gasteiger partial charge in [-0.05, 0) is 30.0 Å². The van der Waals surface area contributed by atoms with E-state index in [-0.39, 0.29) is 11.8 Å². The van der Waals surface area contributed by atoms with Crippen LogP contribution in [0.15, 0.2) is 90.2 Å². The van der Waals surface area contributed by atoms with Crippen molar-refractivity contribution in [1.29, 1.82) is 0 Å². The molecule has 1 heterocycles. The van der Waals surface area contributed by atoms with Crippen molar-refractivity contribution >= 4 is 11.6 Å². The molecule has 2 unspecified atom stereocenters. The highest BCUT2D eigenvalue weighted by atomic mass is 16.2. The molecule has 0 spiro atoms. The average molecular weight is 341 g/mol. The van der Waals surface area contributed by atoms with Crippen molar-refractivity contribution < 1.29 is 4.79 Å². The Balaban J connectivity index is 1.52. The van der Waals surface area contributed by atoms with Crippen molar-refractivity contribution in [3.8, 4) is 0 Å². The third-order valence-corrected chi connectivity index (χ3v) is 4.59. The summed E-state index contributed by atoms with van der Waals surface area (Å²) in [5.41, 5.74) is 6.28. The van der Waals surface area contributed by atoms with Crippen molar-refractivity contribution in [3.05, 3.63) is 102 Å². The summed E-state index contributed by atoms with van der Waals surface area (Å²) >= 11 is 0. The minimum absolute atomic E-state index is 0.0121. The van der Waals surface area contributed by atoms with E-state index in [1.807, 2.05) is 66.7 Å². The maximum absolute atomic E-state index is 12.5. The predicted molar refractivity (Wildman–Crippen MR) is 102 cm³/mol. The van der Waals surface area contributed by atoms with Crippen molar-refractivity contribution in [3.63, 3.8) is 0 Å². The van der Waals surface area contributed by atoms with Gasteiger partial charge in [0.15, 0.2) is 0 Å². The molecule has 1 N–H and O–H groups in total. The molecular formula is C22H19N3O. The van der Waals surface area contributed by atoms with Crippen LogP contribution in [0.3, 0.4) is 0 Å². The summed E-state index contributed by atoms with van der Waals surface area (Å²) in [5, 5.41) is 4.41. The Labute approximate surface area is 152 Å². The monoisotopic (exact) mass is 341 g/mol. The molecule has 26 heavy (non-hydrogen) atoms. The fourth-order valence-electron chi connectivity index (χ4n) is 3.12. The first-order chi connectivity index (χ1) is 12.8. The molecule has 4 nitrogen and oxygen atoms in total. The number of carbonyl (C=O) groups excluding carboxylic acids is 1. The van der Waals surface area contributed by atoms with Crippen molar-refractivity contribution in [2.24, 2.45) is 11.0 Å². The molecular weight excluding hydrogens is 322 g/mol. The zero-order chi connectivity index (χ0) is 17.8. The highest BCUT2D eigenvalue weighted by molar-refractivity contribution is 6.11. The molecule has 1 aliphatic rings. The third kappa shape index (κ3) is 3.54. The van der Waals surface area contributed by atoms with Gasteiger partial charge in [0.2, 0.25) is 5.91 Å². The number of rotatable bonds is 5. The number of hydrogen-bond donors (Lipinski definition) is 1. The van der Waals surface area contributed by atoms with E-state index in [9.17, 15) is 4.79 Å². The molecule has 2 atom stereocenters. The Morgan fingerprint density at radius 3 is 2.31 bits per heavy atom. The van der Waals surface area contributed by atoms with E-state index < -0.39 is 0 Å². The van der Waals surface area contributed by atoms with Crippen LogP contribution in [0.5, 0.6) is 0 Å². The van der Waals surface area contributed by atoms with Gasteiger partial charge in [-0.25, -0.2) is 5.43 Å². The van der Waals surface area contributed by atoms with Crippen molar-refractivity contribution in [2.45, 2.75) is 12.3 Å². The number of hydrogen-bond acceptors (Lipinski definition) is 3. The van der Waals surface area contributed by atoms with Crippen LogP contribution in [0, 0.1) is 5.92 Å². The number of amides is 1. The molecule has 1 amide bonds. The van der Waals surface area contributed by atoms with Gasteiger partial charge in [0, 0.05) is 17.7 Å². The van der Waals surface area contributed by atoms with Crippen LogP contribution < -0.4 is 5.43 Å². The van der Waals surface area contributed by atoms with Crippen LogP contribution in [-0.2, 0) is 4.79 Å². The first kappa shape index (κ1) is 16.2. The second-order valence-electron chi connectivity index (χ2n) is 6.38. The fraction of sp³-hybridized carbons (Fsp3) is 0.136. The molecule has 128 valence electrons. The lowest BCUT2D eigenvalue weighted by atomic mass is 10.1. The minimum atomic E-state index is -0.0387. The van der Waals surface area contributed by atoms with E-state index in [1.54, 1.807) is 6.20 Å². The van der Waals surface area contributed by atoms with Crippen LogP contribution in [0.2, 0.25) is 0 Å². The van der Waals surface area contributed by atoms with E-state index in [1.165, 1.54) is 5.56 Å². The van der Waals surface area contributed by atoms with Gasteiger partial charge >= 0.3 is 0 Å². The quantitative estimate of drug-likeness (QED) is 0.567. The van der Waals surface area contributed by atoms with Gasteiger partial charge in [-0.2, -0.15) is 5.10 Å². The molecule has 0 bridgehead atoms. The lowest BCUT2D eigenvalue weighted by molar-refractivity contribution is -0.122. The van der Waals surface area contributed by atoms with Crippen LogP contribution in [0.1, 0.15) is 29.2 Å². The summed E-state index contributed by atoms with van der Waals surface area (Å²) in [7, 11) is 0. The summed E-state index contributed by atoms with van der Waals surface area (Å²) in [6, 6.07) is 25.6. The van der Waals surface area contributed by atoms with E-state index in [0.29, 0.717) is 11.6 Å². The Hall–Kier alpha value is -3.27. The second-order valence-corrected chi connectivity index (χ2v) is 6.38. The number of aromatic nitrogens is 1. The lowest BCUT2D eigenvalue weighted by Gasteiger charge is -2.07. The predicted octanol–water partition coefficient (Wildman–Crippen LogP) is 3.75. The maximum atomic E-state index is 12.5. The highest BCUT2D eigenvalue weighted by Crippen LogP contribution is 2.47. The largest absolute Gasteiger partial charge is 0.273 e. The van der Waals surface area contributed by atoms with Crippen LogP contribution in [0.4, 0.5) is 0 Å². The first-order valence-electron chi connectivity index (χ1n) is 8.72. The number of carbonyl (C=O) groups is 1. The smallest absolute Gasteiger partial charge is 0.243 e. The van der Waals surface area contributed by atoms with E-state index in [2.05, 4.69) is 27.6 Å². The van der Waals surface area contributed by atoms with Crippen LogP contribution in [-0.4, -0.2) is 16.6 Å². The standard InChI is InChI=1S/C22H19N3O/c26-22(19-15-18(19)16-9-3-1-4-10-16)25-24-21(17-11-5-2-6-12-17)20-13-7-8-14-23-20/h1-14,18-19H,15H2,(H,25,26). The molecule has 1 aromatic heterocycles. The normalized spacial score (nSPS) is 19.0. The molecule has 2 aromatic carbocycles. The molecule has 0 radical (unpaired) electrons. The third-order valence-electron chi connectivity index (χ3n) is 4.59. The summed E-state index contributed by atoms with van der Waals surface area (Å²) < 4.78 is 0. The van der Waals surface area contributed by atoms with E-state index in [4.69, 9.17) is 0 Å². The summed E-state index contributed by atoms with van der Waals surface area (Å²) in [5.74, 6) is 0.242. The summed E-state index contributed by atoms with van der Waals surface area (Å²) in [6.45, 7) is 0. The Bertz CT molecular complexity index is 866. The van der Waals surface area contributed by atoms with Crippen LogP contribution in [0.25, 0.3) is 0 Å². The molecule has 1 saturated carbocycles. The first-order valence-corrected chi connectivity index (χ1v) is 8.72. The Morgan fingerprint density at radius 1 is 0.923 bits per heavy atom. The summed E-state index contributed by atoms with van der Waals surface area (Å²) in [4.78, 5) is 16.9. The molecule has 1 fully saturated rings. The van der Waals surface area contributed by atoms with Gasteiger partial charge in [0.1, 0.15) is 5.71 Å². The lowest BCUT2D eigenvalue weighted by Crippen LogP contribution is -2.23. The number of hydrazone groups is 1. The number of nitrogens with zero attached hydrogens (tertiary/aromatic N) is 2. The molecule has 0 aliphatic heterocycles. The van der Waals surface area contributed by atoms with E-state index in [0.717, 1.165) is 17.7 Å². The zero-order valence-corrected chi connectivity index (χ0v) is 14.2. The average Bonchev–Trinajstić information content (AvgIpc) is 3.51. The van der Waals surface area contributed by atoms with Gasteiger partial charge in [0.25, 0.3) is 0 Å². The van der Waals surface area contributed by atoms with Crippen LogP contribution >= 0.6 is 0 Å². The van der Waals surface area contributed by atoms with Gasteiger partial charge in [0.05, 0.1) is 5.69 Å². The molecule has 4 rings (SSSR count). The molecule has 1 aliphatic carbocycles. The SMILES string of the molecule is O=C(NN=C(c1ccccc1)c1ccccn1)C1CC1c1ccccc1. The molecule has 4 heteroatoms. The number of pyridine rings is 1. The van der Waals surface area contributed by atoms with Crippen molar-refractivity contribution in [2.75, 3.05) is 0 Å². The Kier molecular flexibility index (Phi) is 4.56. The molecule has 0 saturated heterocycles. The van der Waals surface area contributed by atoms with Gasteiger partial charge in [-0.3, -0.25) is 9.78 Å². The number of benzene rings is 2. The maximum Gasteiger partial charge on any atom is 0.243 e. The Morgan fingerprint density at radius 2 is 1.62 bits per heavy atom.